The van der Waals surface area contributed by atoms with E-state index in [9.17, 15) is 9.90 Å². The quantitative estimate of drug-likeness (QED) is 0.800. The Morgan fingerprint density at radius 1 is 1.35 bits per heavy atom. The molecule has 0 spiro atoms. The summed E-state index contributed by atoms with van der Waals surface area (Å²) in [5, 5.41) is 12.1. The van der Waals surface area contributed by atoms with E-state index in [1.165, 1.54) is 17.2 Å². The molecule has 1 aliphatic rings. The smallest absolute Gasteiger partial charge is 0.244 e. The van der Waals surface area contributed by atoms with Crippen molar-refractivity contribution in [2.45, 2.75) is 13.8 Å². The number of hydrogen-bond acceptors (Lipinski definition) is 3. The number of rotatable bonds is 5. The zero-order chi connectivity index (χ0) is 14.6. The van der Waals surface area contributed by atoms with Crippen LogP contribution in [0.1, 0.15) is 16.7 Å². The molecule has 0 bridgehead atoms. The van der Waals surface area contributed by atoms with Crippen LogP contribution in [-0.2, 0) is 9.53 Å². The molecule has 1 aromatic rings. The van der Waals surface area contributed by atoms with Crippen molar-refractivity contribution >= 4 is 12.0 Å². The summed E-state index contributed by atoms with van der Waals surface area (Å²) in [4.78, 5) is 11.8. The van der Waals surface area contributed by atoms with Crippen LogP contribution in [0.25, 0.3) is 6.08 Å². The molecule has 1 aromatic carbocycles. The van der Waals surface area contributed by atoms with E-state index in [2.05, 4.69) is 11.4 Å². The van der Waals surface area contributed by atoms with Gasteiger partial charge in [0.2, 0.25) is 5.91 Å². The Kier molecular flexibility index (Phi) is 4.57. The molecule has 1 heterocycles. The lowest BCUT2D eigenvalue weighted by atomic mass is 9.87. The minimum Gasteiger partial charge on any atom is -0.396 e. The van der Waals surface area contributed by atoms with E-state index < -0.39 is 0 Å². The van der Waals surface area contributed by atoms with Gasteiger partial charge in [-0.3, -0.25) is 4.79 Å². The molecule has 1 saturated heterocycles. The number of carbonyl (C=O) groups excluding carboxylic acids is 1. The number of nitrogens with one attached hydrogen (secondary N) is 1. The van der Waals surface area contributed by atoms with Crippen molar-refractivity contribution in [3.05, 3.63) is 41.0 Å². The van der Waals surface area contributed by atoms with Crippen LogP contribution in [0.4, 0.5) is 0 Å². The van der Waals surface area contributed by atoms with Crippen molar-refractivity contribution in [1.82, 2.24) is 5.32 Å². The van der Waals surface area contributed by atoms with Crippen molar-refractivity contribution in [1.29, 1.82) is 0 Å². The highest BCUT2D eigenvalue weighted by atomic mass is 16.5. The van der Waals surface area contributed by atoms with Crippen LogP contribution in [-0.4, -0.2) is 37.4 Å². The van der Waals surface area contributed by atoms with Crippen LogP contribution in [0.2, 0.25) is 0 Å². The second kappa shape index (κ2) is 6.20. The van der Waals surface area contributed by atoms with Gasteiger partial charge >= 0.3 is 0 Å². The summed E-state index contributed by atoms with van der Waals surface area (Å²) in [5.41, 5.74) is 3.08. The topological polar surface area (TPSA) is 58.6 Å². The van der Waals surface area contributed by atoms with Gasteiger partial charge in [-0.1, -0.05) is 29.3 Å². The number of ether oxygens (including phenoxy) is 1. The average molecular weight is 275 g/mol. The number of aliphatic hydroxyl groups is 1. The molecular formula is C16H21NO3. The van der Waals surface area contributed by atoms with E-state index >= 15 is 0 Å². The van der Waals surface area contributed by atoms with Crippen molar-refractivity contribution in [2.24, 2.45) is 5.41 Å². The molecule has 1 fully saturated rings. The molecule has 20 heavy (non-hydrogen) atoms. The molecule has 0 radical (unpaired) electrons. The minimum absolute atomic E-state index is 0.0358. The minimum atomic E-state index is -0.288. The first-order valence-corrected chi connectivity index (χ1v) is 6.76. The first-order chi connectivity index (χ1) is 9.53. The molecule has 2 rings (SSSR count). The van der Waals surface area contributed by atoms with Gasteiger partial charge in [0.25, 0.3) is 0 Å². The molecule has 4 nitrogen and oxygen atoms in total. The van der Waals surface area contributed by atoms with E-state index in [1.54, 1.807) is 6.08 Å². The number of hydrogen-bond donors (Lipinski definition) is 2. The van der Waals surface area contributed by atoms with Crippen molar-refractivity contribution in [3.8, 4) is 0 Å². The zero-order valence-electron chi connectivity index (χ0n) is 12.0. The molecule has 4 heteroatoms. The summed E-state index contributed by atoms with van der Waals surface area (Å²) in [6, 6.07) is 6.16. The first-order valence-electron chi connectivity index (χ1n) is 6.76. The Morgan fingerprint density at radius 2 is 2.00 bits per heavy atom. The fourth-order valence-electron chi connectivity index (χ4n) is 2.25. The van der Waals surface area contributed by atoms with E-state index in [-0.39, 0.29) is 17.9 Å². The van der Waals surface area contributed by atoms with E-state index in [1.807, 2.05) is 26.0 Å². The van der Waals surface area contributed by atoms with Gasteiger partial charge < -0.3 is 15.2 Å². The third-order valence-electron chi connectivity index (χ3n) is 3.46. The van der Waals surface area contributed by atoms with E-state index in [4.69, 9.17) is 4.74 Å². The van der Waals surface area contributed by atoms with Gasteiger partial charge in [-0.15, -0.1) is 0 Å². The normalized spacial score (nSPS) is 16.9. The predicted molar refractivity (Wildman–Crippen MR) is 78.3 cm³/mol. The Labute approximate surface area is 119 Å². The summed E-state index contributed by atoms with van der Waals surface area (Å²) in [7, 11) is 0. The Hall–Kier alpha value is -1.65. The molecule has 0 aliphatic carbocycles. The lowest BCUT2D eigenvalue weighted by Gasteiger charge is -2.39. The van der Waals surface area contributed by atoms with Gasteiger partial charge in [-0.05, 0) is 25.5 Å². The summed E-state index contributed by atoms with van der Waals surface area (Å²) in [6.07, 6.45) is 3.33. The third kappa shape index (κ3) is 3.68. The maximum atomic E-state index is 11.8. The van der Waals surface area contributed by atoms with Crippen LogP contribution in [0.15, 0.2) is 24.3 Å². The number of aryl methyl sites for hydroxylation is 2. The van der Waals surface area contributed by atoms with Gasteiger partial charge in [0.1, 0.15) is 0 Å². The van der Waals surface area contributed by atoms with Crippen LogP contribution in [0.5, 0.6) is 0 Å². The predicted octanol–water partition coefficient (Wildman–Crippen LogP) is 1.44. The van der Waals surface area contributed by atoms with E-state index in [0.717, 1.165) is 5.56 Å². The van der Waals surface area contributed by atoms with Crippen LogP contribution < -0.4 is 5.32 Å². The van der Waals surface area contributed by atoms with Gasteiger partial charge in [0.05, 0.1) is 25.2 Å². The lowest BCUT2D eigenvalue weighted by Crippen LogP contribution is -2.53. The SMILES string of the molecule is Cc1cc(C)cc(/C=C/C(=O)NCC2(CO)COC2)c1. The second-order valence-corrected chi connectivity index (χ2v) is 5.62. The van der Waals surface area contributed by atoms with Crippen LogP contribution >= 0.6 is 0 Å². The highest BCUT2D eigenvalue weighted by molar-refractivity contribution is 5.91. The zero-order valence-corrected chi connectivity index (χ0v) is 12.0. The van der Waals surface area contributed by atoms with Crippen molar-refractivity contribution in [3.63, 3.8) is 0 Å². The van der Waals surface area contributed by atoms with Crippen LogP contribution in [0, 0.1) is 19.3 Å². The fourth-order valence-corrected chi connectivity index (χ4v) is 2.25. The standard InChI is InChI=1S/C16H21NO3/c1-12-5-13(2)7-14(6-12)3-4-15(19)17-8-16(9-18)10-20-11-16/h3-7,18H,8-11H2,1-2H3,(H,17,19)/b4-3+. The molecular weight excluding hydrogens is 254 g/mol. The maximum absolute atomic E-state index is 11.8. The summed E-state index contributed by atoms with van der Waals surface area (Å²) in [5.74, 6) is -0.149. The van der Waals surface area contributed by atoms with Gasteiger partial charge in [0, 0.05) is 12.6 Å². The average Bonchev–Trinajstić information content (AvgIpc) is 2.34. The van der Waals surface area contributed by atoms with Crippen molar-refractivity contribution in [2.75, 3.05) is 26.4 Å². The van der Waals surface area contributed by atoms with Gasteiger partial charge in [0.15, 0.2) is 0 Å². The number of carbonyl (C=O) groups is 1. The van der Waals surface area contributed by atoms with E-state index in [0.29, 0.717) is 19.8 Å². The Morgan fingerprint density at radius 3 is 2.50 bits per heavy atom. The second-order valence-electron chi connectivity index (χ2n) is 5.62. The highest BCUT2D eigenvalue weighted by Gasteiger charge is 2.38. The lowest BCUT2D eigenvalue weighted by molar-refractivity contribution is -0.139. The van der Waals surface area contributed by atoms with Crippen molar-refractivity contribution < 1.29 is 14.6 Å². The summed E-state index contributed by atoms with van der Waals surface area (Å²) < 4.78 is 5.09. The molecule has 0 atom stereocenters. The molecule has 108 valence electrons. The fraction of sp³-hybridized carbons (Fsp3) is 0.438. The number of aliphatic hydroxyl groups excluding tert-OH is 1. The third-order valence-corrected chi connectivity index (χ3v) is 3.46. The highest BCUT2D eigenvalue weighted by Crippen LogP contribution is 2.25. The molecule has 0 saturated carbocycles. The largest absolute Gasteiger partial charge is 0.396 e. The van der Waals surface area contributed by atoms with Crippen LogP contribution in [0.3, 0.4) is 0 Å². The first kappa shape index (κ1) is 14.8. The molecule has 0 aromatic heterocycles. The molecule has 0 unspecified atom stereocenters. The summed E-state index contributed by atoms with van der Waals surface area (Å²) in [6.45, 7) is 5.56. The Balaban J connectivity index is 1.89. The molecule has 2 N–H and O–H groups in total. The monoisotopic (exact) mass is 275 g/mol. The number of amides is 1. The molecule has 1 aliphatic heterocycles. The summed E-state index contributed by atoms with van der Waals surface area (Å²) >= 11 is 0. The van der Waals surface area contributed by atoms with Gasteiger partial charge in [-0.25, -0.2) is 0 Å². The maximum Gasteiger partial charge on any atom is 0.244 e. The molecule has 1 amide bonds. The number of benzene rings is 1. The Bertz CT molecular complexity index is 493. The van der Waals surface area contributed by atoms with Gasteiger partial charge in [-0.2, -0.15) is 0 Å².